The number of imidazole rings is 1. The summed E-state index contributed by atoms with van der Waals surface area (Å²) in [5, 5.41) is 0.744. The van der Waals surface area contributed by atoms with Crippen LogP contribution < -0.4 is 0 Å². The molecule has 6 heteroatoms. The molecule has 0 unspecified atom stereocenters. The predicted molar refractivity (Wildman–Crippen MR) is 87.7 cm³/mol. The van der Waals surface area contributed by atoms with E-state index in [1.54, 1.807) is 6.20 Å². The van der Waals surface area contributed by atoms with Crippen molar-refractivity contribution in [2.45, 2.75) is 25.4 Å². The maximum Gasteiger partial charge on any atom is 0.0925 e. The van der Waals surface area contributed by atoms with Gasteiger partial charge in [-0.1, -0.05) is 11.6 Å². The third-order valence-corrected chi connectivity index (χ3v) is 4.97. The summed E-state index contributed by atoms with van der Waals surface area (Å²) in [4.78, 5) is 14.4. The average Bonchev–Trinajstić information content (AvgIpc) is 2.97. The van der Waals surface area contributed by atoms with Crippen molar-refractivity contribution in [3.63, 3.8) is 0 Å². The molecule has 21 heavy (non-hydrogen) atoms. The van der Waals surface area contributed by atoms with E-state index in [-0.39, 0.29) is 0 Å². The fraction of sp³-hybridized carbons (Fsp3) is 0.467. The van der Waals surface area contributed by atoms with Crippen LogP contribution in [-0.2, 0) is 13.0 Å². The molecular weight excluding hydrogens is 304 g/mol. The van der Waals surface area contributed by atoms with Gasteiger partial charge in [-0.05, 0) is 30.1 Å². The van der Waals surface area contributed by atoms with Crippen molar-refractivity contribution < 1.29 is 0 Å². The van der Waals surface area contributed by atoms with E-state index in [2.05, 4.69) is 26.1 Å². The van der Waals surface area contributed by atoms with Crippen LogP contribution in [0.4, 0.5) is 0 Å². The first-order valence-corrected chi connectivity index (χ1v) is 8.90. The van der Waals surface area contributed by atoms with Gasteiger partial charge in [0.1, 0.15) is 0 Å². The number of hydrogen-bond acceptors (Lipinski definition) is 4. The number of fused-ring (bicyclic) bond motifs is 1. The van der Waals surface area contributed by atoms with Crippen molar-refractivity contribution in [1.29, 1.82) is 0 Å². The monoisotopic (exact) mass is 322 g/mol. The summed E-state index contributed by atoms with van der Waals surface area (Å²) in [5.41, 5.74) is 3.64. The molecule has 0 amide bonds. The normalized spacial score (nSPS) is 18.7. The zero-order chi connectivity index (χ0) is 14.7. The number of pyridine rings is 1. The van der Waals surface area contributed by atoms with E-state index in [9.17, 15) is 0 Å². The molecular formula is C15H19ClN4S. The smallest absolute Gasteiger partial charge is 0.0925 e. The molecule has 4 nitrogen and oxygen atoms in total. The molecule has 0 aliphatic carbocycles. The second-order valence-corrected chi connectivity index (χ2v) is 6.64. The Morgan fingerprint density at radius 1 is 1.52 bits per heavy atom. The molecule has 2 aromatic rings. The number of aromatic nitrogens is 3. The number of H-pyrrole nitrogens is 1. The number of thioether (sulfide) groups is 1. The van der Waals surface area contributed by atoms with Gasteiger partial charge in [-0.2, -0.15) is 11.8 Å². The lowest BCUT2D eigenvalue weighted by Gasteiger charge is -2.35. The summed E-state index contributed by atoms with van der Waals surface area (Å²) >= 11 is 8.14. The number of rotatable bonds is 5. The molecule has 3 heterocycles. The molecule has 0 fully saturated rings. The van der Waals surface area contributed by atoms with Crippen molar-refractivity contribution in [1.82, 2.24) is 19.9 Å². The van der Waals surface area contributed by atoms with Crippen molar-refractivity contribution >= 4 is 23.4 Å². The van der Waals surface area contributed by atoms with E-state index in [0.29, 0.717) is 6.04 Å². The largest absolute Gasteiger partial charge is 0.348 e. The SMILES string of the molecule is CSCC[C@H]1c2nc[nH]c2CCN1Cc1ccncc1Cl. The summed E-state index contributed by atoms with van der Waals surface area (Å²) < 4.78 is 0. The van der Waals surface area contributed by atoms with Gasteiger partial charge >= 0.3 is 0 Å². The van der Waals surface area contributed by atoms with Crippen LogP contribution in [0.15, 0.2) is 24.8 Å². The molecule has 0 radical (unpaired) electrons. The second kappa shape index (κ2) is 6.81. The van der Waals surface area contributed by atoms with Crippen molar-refractivity contribution in [2.24, 2.45) is 0 Å². The molecule has 3 rings (SSSR count). The topological polar surface area (TPSA) is 44.8 Å². The summed E-state index contributed by atoms with van der Waals surface area (Å²) in [6.45, 7) is 1.89. The van der Waals surface area contributed by atoms with Crippen molar-refractivity contribution in [3.8, 4) is 0 Å². The Bertz CT molecular complexity index is 601. The van der Waals surface area contributed by atoms with Gasteiger partial charge in [-0.15, -0.1) is 0 Å². The maximum absolute atomic E-state index is 6.26. The first kappa shape index (κ1) is 14.9. The number of nitrogens with one attached hydrogen (secondary N) is 1. The van der Waals surface area contributed by atoms with Crippen molar-refractivity contribution in [2.75, 3.05) is 18.6 Å². The molecule has 0 spiro atoms. The van der Waals surface area contributed by atoms with E-state index in [1.807, 2.05) is 30.4 Å². The number of hydrogen-bond donors (Lipinski definition) is 1. The van der Waals surface area contributed by atoms with Gasteiger partial charge in [0, 0.05) is 37.6 Å². The minimum atomic E-state index is 0.372. The Kier molecular flexibility index (Phi) is 4.83. The Hall–Kier alpha value is -1.04. The minimum absolute atomic E-state index is 0.372. The average molecular weight is 323 g/mol. The van der Waals surface area contributed by atoms with Gasteiger partial charge in [-0.25, -0.2) is 4.98 Å². The molecule has 1 aliphatic heterocycles. The van der Waals surface area contributed by atoms with Gasteiger partial charge in [0.25, 0.3) is 0 Å². The first-order chi connectivity index (χ1) is 10.3. The van der Waals surface area contributed by atoms with Gasteiger partial charge in [0.2, 0.25) is 0 Å². The highest BCUT2D eigenvalue weighted by Gasteiger charge is 2.29. The summed E-state index contributed by atoms with van der Waals surface area (Å²) in [7, 11) is 0. The van der Waals surface area contributed by atoms with Gasteiger partial charge in [0.05, 0.1) is 23.1 Å². The lowest BCUT2D eigenvalue weighted by Crippen LogP contribution is -2.35. The number of halogens is 1. The lowest BCUT2D eigenvalue weighted by atomic mass is 10.00. The van der Waals surface area contributed by atoms with E-state index in [1.165, 1.54) is 11.4 Å². The van der Waals surface area contributed by atoms with E-state index in [4.69, 9.17) is 11.6 Å². The van der Waals surface area contributed by atoms with Gasteiger partial charge < -0.3 is 4.98 Å². The molecule has 112 valence electrons. The number of nitrogens with zero attached hydrogens (tertiary/aromatic N) is 3. The molecule has 0 saturated carbocycles. The van der Waals surface area contributed by atoms with Crippen LogP contribution in [0.25, 0.3) is 0 Å². The maximum atomic E-state index is 6.26. The summed E-state index contributed by atoms with van der Waals surface area (Å²) in [5.74, 6) is 1.14. The van der Waals surface area contributed by atoms with Crippen LogP contribution >= 0.6 is 23.4 Å². The van der Waals surface area contributed by atoms with Crippen LogP contribution in [0.5, 0.6) is 0 Å². The molecule has 1 aliphatic rings. The predicted octanol–water partition coefficient (Wildman–Crippen LogP) is 3.31. The Morgan fingerprint density at radius 2 is 2.43 bits per heavy atom. The van der Waals surface area contributed by atoms with Crippen LogP contribution in [0, 0.1) is 0 Å². The van der Waals surface area contributed by atoms with Crippen LogP contribution in [0.2, 0.25) is 5.02 Å². The quantitative estimate of drug-likeness (QED) is 0.917. The van der Waals surface area contributed by atoms with Crippen LogP contribution in [0.1, 0.15) is 29.4 Å². The Balaban J connectivity index is 1.82. The fourth-order valence-electron chi connectivity index (χ4n) is 2.89. The molecule has 1 atom stereocenters. The minimum Gasteiger partial charge on any atom is -0.348 e. The molecule has 0 aromatic carbocycles. The standard InChI is InChI=1S/C15H19ClN4S/c1-21-7-4-14-15-13(18-10-19-15)3-6-20(14)9-11-2-5-17-8-12(11)16/h2,5,8,10,14H,3-4,6-7,9H2,1H3,(H,18,19)/t14-/m0/s1. The van der Waals surface area contributed by atoms with E-state index < -0.39 is 0 Å². The summed E-state index contributed by atoms with van der Waals surface area (Å²) in [6.07, 6.45) is 9.63. The van der Waals surface area contributed by atoms with Crippen LogP contribution in [-0.4, -0.2) is 38.4 Å². The summed E-state index contributed by atoms with van der Waals surface area (Å²) in [6, 6.07) is 2.38. The zero-order valence-electron chi connectivity index (χ0n) is 12.1. The third kappa shape index (κ3) is 3.25. The molecule has 1 N–H and O–H groups in total. The zero-order valence-corrected chi connectivity index (χ0v) is 13.6. The van der Waals surface area contributed by atoms with Crippen LogP contribution in [0.3, 0.4) is 0 Å². The third-order valence-electron chi connectivity index (χ3n) is 3.98. The van der Waals surface area contributed by atoms with E-state index in [0.717, 1.165) is 42.3 Å². The van der Waals surface area contributed by atoms with Crippen molar-refractivity contribution in [3.05, 3.63) is 46.8 Å². The first-order valence-electron chi connectivity index (χ1n) is 7.13. The number of aromatic amines is 1. The van der Waals surface area contributed by atoms with E-state index >= 15 is 0 Å². The lowest BCUT2D eigenvalue weighted by molar-refractivity contribution is 0.168. The Morgan fingerprint density at radius 3 is 3.24 bits per heavy atom. The highest BCUT2D eigenvalue weighted by Crippen LogP contribution is 2.32. The molecule has 0 bridgehead atoms. The van der Waals surface area contributed by atoms with Gasteiger partial charge in [-0.3, -0.25) is 9.88 Å². The van der Waals surface area contributed by atoms with Gasteiger partial charge in [0.15, 0.2) is 0 Å². The molecule has 2 aromatic heterocycles. The highest BCUT2D eigenvalue weighted by molar-refractivity contribution is 7.98. The second-order valence-electron chi connectivity index (χ2n) is 5.25. The Labute approximate surface area is 134 Å². The fourth-order valence-corrected chi connectivity index (χ4v) is 3.53. The molecule has 0 saturated heterocycles. The highest BCUT2D eigenvalue weighted by atomic mass is 35.5.